The summed E-state index contributed by atoms with van der Waals surface area (Å²) in [6.07, 6.45) is 10.7. The second-order valence-electron chi connectivity index (χ2n) is 6.44. The number of benzene rings is 2. The quantitative estimate of drug-likeness (QED) is 0.580. The van der Waals surface area contributed by atoms with Crippen LogP contribution in [0.2, 0.25) is 0 Å². The zero-order chi connectivity index (χ0) is 17.8. The van der Waals surface area contributed by atoms with Crippen molar-refractivity contribution < 1.29 is 0 Å². The molecule has 0 N–H and O–H groups in total. The molecule has 26 heavy (non-hydrogen) atoms. The molecular formula is C23H21N3. The lowest BCUT2D eigenvalue weighted by Crippen LogP contribution is -2.02. The van der Waals surface area contributed by atoms with Gasteiger partial charge in [-0.25, -0.2) is 0 Å². The third-order valence-corrected chi connectivity index (χ3v) is 4.51. The van der Waals surface area contributed by atoms with Gasteiger partial charge >= 0.3 is 0 Å². The summed E-state index contributed by atoms with van der Waals surface area (Å²) in [5.41, 5.74) is 4.62. The highest BCUT2D eigenvalue weighted by molar-refractivity contribution is 5.73. The van der Waals surface area contributed by atoms with Crippen molar-refractivity contribution in [1.29, 1.82) is 0 Å². The summed E-state index contributed by atoms with van der Waals surface area (Å²) >= 11 is 0. The Bertz CT molecular complexity index is 977. The molecule has 0 bridgehead atoms. The van der Waals surface area contributed by atoms with Crippen LogP contribution in [-0.4, -0.2) is 14.8 Å². The summed E-state index contributed by atoms with van der Waals surface area (Å²) in [5, 5.41) is 9.09. The molecule has 0 amide bonds. The van der Waals surface area contributed by atoms with Crippen molar-refractivity contribution in [3.05, 3.63) is 96.4 Å². The van der Waals surface area contributed by atoms with Crippen molar-refractivity contribution in [1.82, 2.24) is 14.8 Å². The first kappa shape index (κ1) is 16.3. The fourth-order valence-electron chi connectivity index (χ4n) is 3.14. The maximum atomic E-state index is 4.56. The van der Waals surface area contributed by atoms with Crippen molar-refractivity contribution in [3.63, 3.8) is 0 Å². The molecule has 0 radical (unpaired) electrons. The van der Waals surface area contributed by atoms with Crippen LogP contribution in [0.3, 0.4) is 0 Å². The lowest BCUT2D eigenvalue weighted by Gasteiger charge is -2.12. The monoisotopic (exact) mass is 339 g/mol. The van der Waals surface area contributed by atoms with Gasteiger partial charge in [0.15, 0.2) is 11.6 Å². The van der Waals surface area contributed by atoms with Crippen LogP contribution in [0.4, 0.5) is 0 Å². The average molecular weight is 339 g/mol. The Labute approximate surface area is 154 Å². The van der Waals surface area contributed by atoms with Gasteiger partial charge in [-0.3, -0.25) is 4.57 Å². The van der Waals surface area contributed by atoms with Gasteiger partial charge in [0, 0.05) is 16.8 Å². The van der Waals surface area contributed by atoms with Crippen molar-refractivity contribution in [2.45, 2.75) is 19.8 Å². The molecule has 0 aliphatic heterocycles. The molecule has 0 spiro atoms. The third kappa shape index (κ3) is 3.29. The van der Waals surface area contributed by atoms with Crippen LogP contribution in [0, 0.1) is 0 Å². The molecule has 0 saturated heterocycles. The summed E-state index contributed by atoms with van der Waals surface area (Å²) in [5.74, 6) is 1.73. The largest absolute Gasteiger partial charge is 0.275 e. The van der Waals surface area contributed by atoms with E-state index in [2.05, 4.69) is 70.3 Å². The van der Waals surface area contributed by atoms with Gasteiger partial charge in [-0.1, -0.05) is 78.4 Å². The maximum Gasteiger partial charge on any atom is 0.168 e. The average Bonchev–Trinajstić information content (AvgIpc) is 3.11. The van der Waals surface area contributed by atoms with Crippen LogP contribution in [-0.2, 0) is 0 Å². The Hall–Kier alpha value is -3.20. The summed E-state index contributed by atoms with van der Waals surface area (Å²) in [6, 6.07) is 20.5. The van der Waals surface area contributed by atoms with E-state index in [1.54, 1.807) is 0 Å². The van der Waals surface area contributed by atoms with Crippen LogP contribution in [0.1, 0.15) is 25.6 Å². The zero-order valence-corrected chi connectivity index (χ0v) is 14.8. The second-order valence-corrected chi connectivity index (χ2v) is 6.44. The summed E-state index contributed by atoms with van der Waals surface area (Å²) in [4.78, 5) is 0. The van der Waals surface area contributed by atoms with E-state index in [1.807, 2.05) is 36.4 Å². The van der Waals surface area contributed by atoms with E-state index in [0.717, 1.165) is 41.3 Å². The molecule has 3 nitrogen and oxygen atoms in total. The van der Waals surface area contributed by atoms with Gasteiger partial charge in [0.25, 0.3) is 0 Å². The van der Waals surface area contributed by atoms with Crippen molar-refractivity contribution in [3.8, 4) is 17.1 Å². The lowest BCUT2D eigenvalue weighted by atomic mass is 10.1. The molecule has 0 atom stereocenters. The molecule has 2 aromatic carbocycles. The number of allylic oxidation sites excluding steroid dienone is 6. The predicted octanol–water partition coefficient (Wildman–Crippen LogP) is 5.61. The first-order valence-corrected chi connectivity index (χ1v) is 8.92. The highest BCUT2D eigenvalue weighted by Crippen LogP contribution is 2.27. The normalized spacial score (nSPS) is 17.6. The van der Waals surface area contributed by atoms with Gasteiger partial charge in [-0.05, 0) is 31.9 Å². The van der Waals surface area contributed by atoms with E-state index in [-0.39, 0.29) is 0 Å². The van der Waals surface area contributed by atoms with E-state index in [0.29, 0.717) is 0 Å². The van der Waals surface area contributed by atoms with Crippen molar-refractivity contribution >= 4 is 5.57 Å². The van der Waals surface area contributed by atoms with Gasteiger partial charge in [-0.15, -0.1) is 10.2 Å². The fourth-order valence-corrected chi connectivity index (χ4v) is 3.14. The highest BCUT2D eigenvalue weighted by atomic mass is 15.3. The molecule has 1 aliphatic carbocycles. The Morgan fingerprint density at radius 2 is 1.50 bits per heavy atom. The number of nitrogens with zero attached hydrogens (tertiary/aromatic N) is 3. The molecule has 128 valence electrons. The van der Waals surface area contributed by atoms with E-state index < -0.39 is 0 Å². The number of aromatic nitrogens is 3. The Morgan fingerprint density at radius 1 is 0.808 bits per heavy atom. The minimum atomic E-state index is 0.856. The minimum Gasteiger partial charge on any atom is -0.275 e. The molecule has 1 aromatic heterocycles. The van der Waals surface area contributed by atoms with Gasteiger partial charge in [-0.2, -0.15) is 0 Å². The molecule has 0 fully saturated rings. The lowest BCUT2D eigenvalue weighted by molar-refractivity contribution is 1.02. The number of rotatable bonds is 3. The van der Waals surface area contributed by atoms with Crippen LogP contribution >= 0.6 is 0 Å². The third-order valence-electron chi connectivity index (χ3n) is 4.51. The van der Waals surface area contributed by atoms with E-state index >= 15 is 0 Å². The van der Waals surface area contributed by atoms with Crippen LogP contribution in [0.5, 0.6) is 0 Å². The first-order valence-electron chi connectivity index (χ1n) is 8.92. The number of hydrogen-bond acceptors (Lipinski definition) is 2. The molecule has 4 rings (SSSR count). The molecule has 1 aliphatic rings. The zero-order valence-electron chi connectivity index (χ0n) is 14.8. The first-order chi connectivity index (χ1) is 12.8. The minimum absolute atomic E-state index is 0.856. The summed E-state index contributed by atoms with van der Waals surface area (Å²) < 4.78 is 2.14. The smallest absolute Gasteiger partial charge is 0.168 e. The van der Waals surface area contributed by atoms with Crippen LogP contribution in [0.15, 0.2) is 90.5 Å². The van der Waals surface area contributed by atoms with Crippen molar-refractivity contribution in [2.24, 2.45) is 0 Å². The fraction of sp³-hybridized carbons (Fsp3) is 0.130. The summed E-state index contributed by atoms with van der Waals surface area (Å²) in [6.45, 7) is 2.17. The predicted molar refractivity (Wildman–Crippen MR) is 107 cm³/mol. The maximum absolute atomic E-state index is 4.56. The topological polar surface area (TPSA) is 30.7 Å². The van der Waals surface area contributed by atoms with E-state index in [9.17, 15) is 0 Å². The van der Waals surface area contributed by atoms with E-state index in [4.69, 9.17) is 0 Å². The Balaban J connectivity index is 1.88. The molecule has 3 heteroatoms. The van der Waals surface area contributed by atoms with Gasteiger partial charge in [0.2, 0.25) is 0 Å². The van der Waals surface area contributed by atoms with Gasteiger partial charge < -0.3 is 0 Å². The van der Waals surface area contributed by atoms with Crippen molar-refractivity contribution in [2.75, 3.05) is 0 Å². The molecule has 0 saturated carbocycles. The molecule has 0 unspecified atom stereocenters. The van der Waals surface area contributed by atoms with E-state index in [1.165, 1.54) is 5.57 Å². The Kier molecular flexibility index (Phi) is 4.61. The van der Waals surface area contributed by atoms with Gasteiger partial charge in [0.05, 0.1) is 0 Å². The second kappa shape index (κ2) is 7.36. The number of hydrogen-bond donors (Lipinski definition) is 0. The summed E-state index contributed by atoms with van der Waals surface area (Å²) in [7, 11) is 0. The van der Waals surface area contributed by atoms with Crippen LogP contribution < -0.4 is 0 Å². The van der Waals surface area contributed by atoms with Gasteiger partial charge in [0.1, 0.15) is 0 Å². The Morgan fingerprint density at radius 3 is 2.27 bits per heavy atom. The highest BCUT2D eigenvalue weighted by Gasteiger charge is 2.17. The molecular weight excluding hydrogens is 318 g/mol. The molecule has 3 aromatic rings. The number of para-hydroxylation sites is 1. The standard InChI is InChI=1S/C23H21N3/c1-18-10-8-14-20(15-9-11-18)23-25-24-22(19-12-4-2-5-13-19)26(23)21-16-6-3-7-17-21/h2-8,11-17H,9-10H2,1H3/b14-8-,18-11-,20-15?. The SMILES string of the molecule is C/C1=C/CC=C(c2nnc(-c3ccccc3)n2-c2ccccc2)/C=C\C1. The molecule has 1 heterocycles. The van der Waals surface area contributed by atoms with Crippen LogP contribution in [0.25, 0.3) is 22.6 Å².